The SMILES string of the molecule is COc1ccc(-c2cn(C)nc2CN)c(OC)c1. The normalized spacial score (nSPS) is 10.4. The quantitative estimate of drug-likeness (QED) is 0.890. The maximum absolute atomic E-state index is 5.71. The Morgan fingerprint density at radius 2 is 2.00 bits per heavy atom. The first-order valence-corrected chi connectivity index (χ1v) is 5.64. The summed E-state index contributed by atoms with van der Waals surface area (Å²) in [6, 6.07) is 5.70. The van der Waals surface area contributed by atoms with Gasteiger partial charge >= 0.3 is 0 Å². The predicted octanol–water partition coefficient (Wildman–Crippen LogP) is 1.56. The van der Waals surface area contributed by atoms with Crippen molar-refractivity contribution >= 4 is 0 Å². The number of hydrogen-bond donors (Lipinski definition) is 1. The van der Waals surface area contributed by atoms with E-state index in [1.165, 1.54) is 0 Å². The highest BCUT2D eigenvalue weighted by Gasteiger charge is 2.13. The van der Waals surface area contributed by atoms with E-state index in [4.69, 9.17) is 15.2 Å². The van der Waals surface area contributed by atoms with Gasteiger partial charge in [-0.2, -0.15) is 5.10 Å². The zero-order valence-electron chi connectivity index (χ0n) is 10.8. The number of aryl methyl sites for hydroxylation is 1. The van der Waals surface area contributed by atoms with E-state index in [9.17, 15) is 0 Å². The summed E-state index contributed by atoms with van der Waals surface area (Å²) in [5, 5.41) is 4.33. The van der Waals surface area contributed by atoms with E-state index >= 15 is 0 Å². The minimum absolute atomic E-state index is 0.394. The Hall–Kier alpha value is -2.01. The van der Waals surface area contributed by atoms with Gasteiger partial charge in [0, 0.05) is 37.0 Å². The summed E-state index contributed by atoms with van der Waals surface area (Å²) in [7, 11) is 5.14. The molecule has 0 unspecified atom stereocenters. The van der Waals surface area contributed by atoms with Crippen LogP contribution in [0.15, 0.2) is 24.4 Å². The number of aromatic nitrogens is 2. The van der Waals surface area contributed by atoms with Gasteiger partial charge in [0.2, 0.25) is 0 Å². The van der Waals surface area contributed by atoms with Gasteiger partial charge in [-0.05, 0) is 12.1 Å². The maximum Gasteiger partial charge on any atom is 0.130 e. The van der Waals surface area contributed by atoms with E-state index in [0.29, 0.717) is 6.54 Å². The standard InChI is InChI=1S/C13H17N3O2/c1-16-8-11(12(7-14)15-16)10-5-4-9(17-2)6-13(10)18-3/h4-6,8H,7,14H2,1-3H3. The summed E-state index contributed by atoms with van der Waals surface area (Å²) in [4.78, 5) is 0. The molecule has 0 saturated carbocycles. The largest absolute Gasteiger partial charge is 0.497 e. The molecular formula is C13H17N3O2. The first-order chi connectivity index (χ1) is 8.69. The molecule has 1 aromatic carbocycles. The van der Waals surface area contributed by atoms with Gasteiger partial charge in [-0.25, -0.2) is 0 Å². The van der Waals surface area contributed by atoms with Crippen LogP contribution >= 0.6 is 0 Å². The van der Waals surface area contributed by atoms with Crippen LogP contribution in [0.25, 0.3) is 11.1 Å². The lowest BCUT2D eigenvalue weighted by Crippen LogP contribution is -2.00. The topological polar surface area (TPSA) is 62.3 Å². The Morgan fingerprint density at radius 3 is 2.61 bits per heavy atom. The van der Waals surface area contributed by atoms with E-state index in [1.54, 1.807) is 18.9 Å². The van der Waals surface area contributed by atoms with E-state index in [1.807, 2.05) is 31.4 Å². The third-order valence-corrected chi connectivity index (χ3v) is 2.80. The third-order valence-electron chi connectivity index (χ3n) is 2.80. The number of benzene rings is 1. The number of ether oxygens (including phenoxy) is 2. The van der Waals surface area contributed by atoms with Crippen molar-refractivity contribution in [2.45, 2.75) is 6.54 Å². The smallest absolute Gasteiger partial charge is 0.130 e. The molecule has 0 bridgehead atoms. The van der Waals surface area contributed by atoms with Gasteiger partial charge in [0.25, 0.3) is 0 Å². The van der Waals surface area contributed by atoms with E-state index in [2.05, 4.69) is 5.10 Å². The molecule has 1 heterocycles. The molecule has 2 rings (SSSR count). The summed E-state index contributed by atoms with van der Waals surface area (Å²) < 4.78 is 12.3. The Morgan fingerprint density at radius 1 is 1.22 bits per heavy atom. The van der Waals surface area contributed by atoms with Gasteiger partial charge in [0.05, 0.1) is 19.9 Å². The van der Waals surface area contributed by atoms with Crippen LogP contribution in [0.2, 0.25) is 0 Å². The molecule has 0 radical (unpaired) electrons. The van der Waals surface area contributed by atoms with Crippen LogP contribution in [0.3, 0.4) is 0 Å². The second kappa shape index (κ2) is 5.10. The summed E-state index contributed by atoms with van der Waals surface area (Å²) >= 11 is 0. The minimum Gasteiger partial charge on any atom is -0.497 e. The van der Waals surface area contributed by atoms with E-state index < -0.39 is 0 Å². The molecule has 0 aliphatic carbocycles. The first-order valence-electron chi connectivity index (χ1n) is 5.64. The monoisotopic (exact) mass is 247 g/mol. The van der Waals surface area contributed by atoms with Gasteiger partial charge in [0.15, 0.2) is 0 Å². The zero-order chi connectivity index (χ0) is 13.1. The van der Waals surface area contributed by atoms with Gasteiger partial charge in [-0.1, -0.05) is 0 Å². The lowest BCUT2D eigenvalue weighted by molar-refractivity contribution is 0.395. The van der Waals surface area contributed by atoms with Crippen molar-refractivity contribution in [2.75, 3.05) is 14.2 Å². The molecule has 2 aromatic rings. The second-order valence-corrected chi connectivity index (χ2v) is 3.93. The van der Waals surface area contributed by atoms with E-state index in [-0.39, 0.29) is 0 Å². The maximum atomic E-state index is 5.71. The molecular weight excluding hydrogens is 230 g/mol. The molecule has 2 N–H and O–H groups in total. The highest BCUT2D eigenvalue weighted by atomic mass is 16.5. The molecule has 5 nitrogen and oxygen atoms in total. The first kappa shape index (κ1) is 12.4. The fourth-order valence-electron chi connectivity index (χ4n) is 1.93. The Labute approximate surface area is 106 Å². The Kier molecular flexibility index (Phi) is 3.53. The molecule has 0 aliphatic heterocycles. The number of methoxy groups -OCH3 is 2. The van der Waals surface area contributed by atoms with Gasteiger partial charge in [-0.3, -0.25) is 4.68 Å². The molecule has 0 spiro atoms. The van der Waals surface area contributed by atoms with Gasteiger partial charge in [-0.15, -0.1) is 0 Å². The van der Waals surface area contributed by atoms with Crippen molar-refractivity contribution in [2.24, 2.45) is 12.8 Å². The summed E-state index contributed by atoms with van der Waals surface area (Å²) in [6.45, 7) is 0.394. The Bertz CT molecular complexity index is 549. The molecule has 96 valence electrons. The minimum atomic E-state index is 0.394. The fraction of sp³-hybridized carbons (Fsp3) is 0.308. The van der Waals surface area contributed by atoms with Crippen LogP contribution in [-0.4, -0.2) is 24.0 Å². The predicted molar refractivity (Wildman–Crippen MR) is 69.6 cm³/mol. The summed E-state index contributed by atoms with van der Waals surface area (Å²) in [5.74, 6) is 1.51. The number of nitrogens with two attached hydrogens (primary N) is 1. The molecule has 1 aromatic heterocycles. The van der Waals surface area contributed by atoms with E-state index in [0.717, 1.165) is 28.3 Å². The zero-order valence-corrected chi connectivity index (χ0v) is 10.8. The lowest BCUT2D eigenvalue weighted by atomic mass is 10.0. The molecule has 0 aliphatic rings. The second-order valence-electron chi connectivity index (χ2n) is 3.93. The van der Waals surface area contributed by atoms with Crippen LogP contribution in [0, 0.1) is 0 Å². The number of rotatable bonds is 4. The van der Waals surface area contributed by atoms with Crippen LogP contribution in [-0.2, 0) is 13.6 Å². The summed E-state index contributed by atoms with van der Waals surface area (Å²) in [5.41, 5.74) is 8.51. The third kappa shape index (κ3) is 2.17. The van der Waals surface area contributed by atoms with Crippen molar-refractivity contribution in [3.63, 3.8) is 0 Å². The molecule has 5 heteroatoms. The molecule has 0 saturated heterocycles. The van der Waals surface area contributed by atoms with Gasteiger partial charge < -0.3 is 15.2 Å². The highest BCUT2D eigenvalue weighted by Crippen LogP contribution is 2.34. The van der Waals surface area contributed by atoms with Crippen LogP contribution in [0.4, 0.5) is 0 Å². The average Bonchev–Trinajstić information content (AvgIpc) is 2.78. The van der Waals surface area contributed by atoms with Crippen LogP contribution in [0.5, 0.6) is 11.5 Å². The molecule has 0 atom stereocenters. The van der Waals surface area contributed by atoms with Crippen LogP contribution < -0.4 is 15.2 Å². The number of hydrogen-bond acceptors (Lipinski definition) is 4. The fourth-order valence-corrected chi connectivity index (χ4v) is 1.93. The van der Waals surface area contributed by atoms with Crippen molar-refractivity contribution < 1.29 is 9.47 Å². The summed E-state index contributed by atoms with van der Waals surface area (Å²) in [6.07, 6.45) is 1.94. The Balaban J connectivity index is 2.55. The molecule has 0 fully saturated rings. The molecule has 0 amide bonds. The van der Waals surface area contributed by atoms with Crippen molar-refractivity contribution in [1.82, 2.24) is 9.78 Å². The van der Waals surface area contributed by atoms with Crippen molar-refractivity contribution in [1.29, 1.82) is 0 Å². The van der Waals surface area contributed by atoms with Crippen molar-refractivity contribution in [3.05, 3.63) is 30.1 Å². The molecule has 18 heavy (non-hydrogen) atoms. The van der Waals surface area contributed by atoms with Crippen LogP contribution in [0.1, 0.15) is 5.69 Å². The average molecular weight is 247 g/mol. The lowest BCUT2D eigenvalue weighted by Gasteiger charge is -2.10. The van der Waals surface area contributed by atoms with Crippen molar-refractivity contribution in [3.8, 4) is 22.6 Å². The highest BCUT2D eigenvalue weighted by molar-refractivity contribution is 5.73. The van der Waals surface area contributed by atoms with Gasteiger partial charge in [0.1, 0.15) is 11.5 Å². The number of nitrogens with zero attached hydrogens (tertiary/aromatic N) is 2.